The topological polar surface area (TPSA) is 56.2 Å². The van der Waals surface area contributed by atoms with Crippen LogP contribution in [-0.2, 0) is 17.8 Å². The van der Waals surface area contributed by atoms with Crippen LogP contribution in [0.4, 0.5) is 0 Å². The van der Waals surface area contributed by atoms with Gasteiger partial charge in [-0.2, -0.15) is 0 Å². The fourth-order valence-corrected chi connectivity index (χ4v) is 1.95. The van der Waals surface area contributed by atoms with Crippen molar-refractivity contribution in [2.24, 2.45) is 0 Å². The fraction of sp³-hybridized carbons (Fsp3) is 0.333. The first kappa shape index (κ1) is 14.3. The lowest BCUT2D eigenvalue weighted by Gasteiger charge is -2.09. The molecule has 0 atom stereocenters. The second-order valence-corrected chi connectivity index (χ2v) is 4.44. The highest BCUT2D eigenvalue weighted by Crippen LogP contribution is 2.09. The number of aromatic nitrogens is 2. The summed E-state index contributed by atoms with van der Waals surface area (Å²) in [5, 5.41) is 3.26. The molecule has 1 aromatic heterocycles. The van der Waals surface area contributed by atoms with E-state index in [1.165, 1.54) is 7.11 Å². The van der Waals surface area contributed by atoms with E-state index >= 15 is 0 Å². The molecule has 2 aromatic rings. The molecule has 0 aliphatic rings. The number of ether oxygens (including phenoxy) is 1. The van der Waals surface area contributed by atoms with Gasteiger partial charge in [0.25, 0.3) is 0 Å². The molecule has 0 unspecified atom stereocenters. The fourth-order valence-electron chi connectivity index (χ4n) is 1.95. The zero-order valence-corrected chi connectivity index (χ0v) is 11.8. The normalized spacial score (nSPS) is 10.5. The standard InChI is InChI=1S/C15H19N3O2/c1-3-16-10-14-17-8-9-18(14)11-12-4-6-13(7-5-12)15(19)20-2/h4-9,16H,3,10-11H2,1-2H3. The van der Waals surface area contributed by atoms with Gasteiger partial charge in [0.2, 0.25) is 0 Å². The Labute approximate surface area is 118 Å². The molecule has 0 saturated carbocycles. The zero-order chi connectivity index (χ0) is 14.4. The third kappa shape index (κ3) is 3.45. The van der Waals surface area contributed by atoms with Gasteiger partial charge in [0.15, 0.2) is 0 Å². The number of nitrogens with zero attached hydrogens (tertiary/aromatic N) is 2. The second kappa shape index (κ2) is 6.86. The SMILES string of the molecule is CCNCc1nccn1Cc1ccc(C(=O)OC)cc1. The van der Waals surface area contributed by atoms with Crippen LogP contribution in [-0.4, -0.2) is 29.2 Å². The molecule has 0 aliphatic heterocycles. The van der Waals surface area contributed by atoms with Gasteiger partial charge in [0, 0.05) is 18.9 Å². The van der Waals surface area contributed by atoms with E-state index in [0.29, 0.717) is 5.56 Å². The van der Waals surface area contributed by atoms with Gasteiger partial charge in [0.1, 0.15) is 5.82 Å². The maximum atomic E-state index is 11.4. The number of methoxy groups -OCH3 is 1. The van der Waals surface area contributed by atoms with Crippen LogP contribution in [0.1, 0.15) is 28.7 Å². The predicted molar refractivity (Wildman–Crippen MR) is 76.5 cm³/mol. The zero-order valence-electron chi connectivity index (χ0n) is 11.8. The lowest BCUT2D eigenvalue weighted by molar-refractivity contribution is 0.0600. The van der Waals surface area contributed by atoms with Gasteiger partial charge >= 0.3 is 5.97 Å². The van der Waals surface area contributed by atoms with Crippen LogP contribution < -0.4 is 5.32 Å². The van der Waals surface area contributed by atoms with Crippen LogP contribution in [0.2, 0.25) is 0 Å². The van der Waals surface area contributed by atoms with Gasteiger partial charge < -0.3 is 14.6 Å². The van der Waals surface area contributed by atoms with Gasteiger partial charge in [-0.1, -0.05) is 19.1 Å². The summed E-state index contributed by atoms with van der Waals surface area (Å²) in [5.41, 5.74) is 1.68. The Morgan fingerprint density at radius 3 is 2.75 bits per heavy atom. The summed E-state index contributed by atoms with van der Waals surface area (Å²) < 4.78 is 6.78. The first-order valence-electron chi connectivity index (χ1n) is 6.62. The Balaban J connectivity index is 2.06. The molecule has 0 aliphatic carbocycles. The van der Waals surface area contributed by atoms with E-state index in [2.05, 4.69) is 26.5 Å². The third-order valence-corrected chi connectivity index (χ3v) is 3.06. The van der Waals surface area contributed by atoms with Gasteiger partial charge in [-0.05, 0) is 24.2 Å². The summed E-state index contributed by atoms with van der Waals surface area (Å²) in [6, 6.07) is 7.43. The van der Waals surface area contributed by atoms with Gasteiger partial charge in [-0.3, -0.25) is 0 Å². The number of imidazole rings is 1. The van der Waals surface area contributed by atoms with E-state index < -0.39 is 0 Å². The number of carbonyl (C=O) groups is 1. The Bertz CT molecular complexity index is 561. The molecule has 5 nitrogen and oxygen atoms in total. The minimum absolute atomic E-state index is 0.313. The summed E-state index contributed by atoms with van der Waals surface area (Å²) >= 11 is 0. The van der Waals surface area contributed by atoms with Crippen LogP contribution in [0.25, 0.3) is 0 Å². The third-order valence-electron chi connectivity index (χ3n) is 3.06. The molecule has 20 heavy (non-hydrogen) atoms. The number of carbonyl (C=O) groups excluding carboxylic acids is 1. The maximum absolute atomic E-state index is 11.4. The van der Waals surface area contributed by atoms with Crippen molar-refractivity contribution in [3.05, 3.63) is 53.6 Å². The number of hydrogen-bond acceptors (Lipinski definition) is 4. The van der Waals surface area contributed by atoms with Crippen molar-refractivity contribution >= 4 is 5.97 Å². The van der Waals surface area contributed by atoms with E-state index in [1.54, 1.807) is 18.3 Å². The average Bonchev–Trinajstić information content (AvgIpc) is 2.92. The molecular weight excluding hydrogens is 254 g/mol. The minimum atomic E-state index is -0.313. The van der Waals surface area contributed by atoms with Gasteiger partial charge in [-0.25, -0.2) is 9.78 Å². The molecule has 0 amide bonds. The van der Waals surface area contributed by atoms with E-state index in [-0.39, 0.29) is 5.97 Å². The van der Waals surface area contributed by atoms with Crippen molar-refractivity contribution in [3.8, 4) is 0 Å². The van der Waals surface area contributed by atoms with Crippen molar-refractivity contribution in [2.75, 3.05) is 13.7 Å². The molecule has 1 aromatic carbocycles. The monoisotopic (exact) mass is 273 g/mol. The Kier molecular flexibility index (Phi) is 4.90. The molecule has 0 spiro atoms. The molecule has 2 rings (SSSR count). The van der Waals surface area contributed by atoms with Crippen LogP contribution in [0, 0.1) is 0 Å². The van der Waals surface area contributed by atoms with Crippen molar-refractivity contribution < 1.29 is 9.53 Å². The molecule has 1 N–H and O–H groups in total. The summed E-state index contributed by atoms with van der Waals surface area (Å²) in [5.74, 6) is 0.691. The van der Waals surface area contributed by atoms with Gasteiger partial charge in [0.05, 0.1) is 19.2 Å². The van der Waals surface area contributed by atoms with Crippen LogP contribution in [0.5, 0.6) is 0 Å². The minimum Gasteiger partial charge on any atom is -0.465 e. The summed E-state index contributed by atoms with van der Waals surface area (Å²) in [4.78, 5) is 15.7. The van der Waals surface area contributed by atoms with Crippen molar-refractivity contribution in [2.45, 2.75) is 20.0 Å². The highest BCUT2D eigenvalue weighted by atomic mass is 16.5. The van der Waals surface area contributed by atoms with Crippen molar-refractivity contribution in [1.82, 2.24) is 14.9 Å². The van der Waals surface area contributed by atoms with Crippen LogP contribution in [0.3, 0.4) is 0 Å². The van der Waals surface area contributed by atoms with E-state index in [4.69, 9.17) is 0 Å². The Morgan fingerprint density at radius 2 is 2.10 bits per heavy atom. The predicted octanol–water partition coefficient (Wildman–Crippen LogP) is 1.83. The molecular formula is C15H19N3O2. The molecule has 0 bridgehead atoms. The molecule has 0 radical (unpaired) electrons. The van der Waals surface area contributed by atoms with Crippen molar-refractivity contribution in [1.29, 1.82) is 0 Å². The van der Waals surface area contributed by atoms with Gasteiger partial charge in [-0.15, -0.1) is 0 Å². The number of esters is 1. The highest BCUT2D eigenvalue weighted by Gasteiger charge is 2.06. The Morgan fingerprint density at radius 1 is 1.35 bits per heavy atom. The lowest BCUT2D eigenvalue weighted by Crippen LogP contribution is -2.16. The average molecular weight is 273 g/mol. The van der Waals surface area contributed by atoms with Crippen LogP contribution >= 0.6 is 0 Å². The molecule has 5 heteroatoms. The molecule has 106 valence electrons. The second-order valence-electron chi connectivity index (χ2n) is 4.44. The largest absolute Gasteiger partial charge is 0.465 e. The first-order valence-corrected chi connectivity index (χ1v) is 6.62. The number of hydrogen-bond donors (Lipinski definition) is 1. The summed E-state index contributed by atoms with van der Waals surface area (Å²) in [6.07, 6.45) is 3.76. The van der Waals surface area contributed by atoms with E-state index in [0.717, 1.165) is 31.0 Å². The number of benzene rings is 1. The van der Waals surface area contributed by atoms with Crippen molar-refractivity contribution in [3.63, 3.8) is 0 Å². The van der Waals surface area contributed by atoms with Crippen LogP contribution in [0.15, 0.2) is 36.7 Å². The summed E-state index contributed by atoms with van der Waals surface area (Å²) in [7, 11) is 1.38. The quantitative estimate of drug-likeness (QED) is 0.816. The number of nitrogens with one attached hydrogen (secondary N) is 1. The summed E-state index contributed by atoms with van der Waals surface area (Å²) in [6.45, 7) is 4.48. The lowest BCUT2D eigenvalue weighted by atomic mass is 10.1. The maximum Gasteiger partial charge on any atom is 0.337 e. The van der Waals surface area contributed by atoms with E-state index in [1.807, 2.05) is 18.3 Å². The molecule has 0 fully saturated rings. The highest BCUT2D eigenvalue weighted by molar-refractivity contribution is 5.89. The first-order chi connectivity index (χ1) is 9.74. The Hall–Kier alpha value is -2.14. The number of rotatable bonds is 6. The molecule has 1 heterocycles. The molecule has 0 saturated heterocycles. The smallest absolute Gasteiger partial charge is 0.337 e. The van der Waals surface area contributed by atoms with E-state index in [9.17, 15) is 4.79 Å².